The highest BCUT2D eigenvalue weighted by atomic mass is 35.5. The van der Waals surface area contributed by atoms with E-state index in [1.165, 1.54) is 11.1 Å². The molecular formula is C18H22ClNO. The lowest BCUT2D eigenvalue weighted by Crippen LogP contribution is -2.12. The second kappa shape index (κ2) is 6.48. The zero-order chi connectivity index (χ0) is 15.6. The fourth-order valence-electron chi connectivity index (χ4n) is 2.73. The molecule has 0 aliphatic rings. The second-order valence-corrected chi connectivity index (χ2v) is 6.25. The van der Waals surface area contributed by atoms with Gasteiger partial charge in [0.2, 0.25) is 0 Å². The molecule has 0 saturated heterocycles. The average molecular weight is 304 g/mol. The molecule has 1 atom stereocenters. The smallest absolute Gasteiger partial charge is 0.182 e. The summed E-state index contributed by atoms with van der Waals surface area (Å²) in [7, 11) is 0. The Kier molecular flexibility index (Phi) is 4.89. The number of Topliss-reactive ketones (excluding diaryl/α,β-unsaturated/α-hetero) is 1. The summed E-state index contributed by atoms with van der Waals surface area (Å²) in [5, 5.41) is -0.477. The van der Waals surface area contributed by atoms with Gasteiger partial charge < -0.3 is 4.57 Å². The van der Waals surface area contributed by atoms with E-state index in [1.807, 2.05) is 19.9 Å². The quantitative estimate of drug-likeness (QED) is 0.590. The first-order valence-corrected chi connectivity index (χ1v) is 7.75. The molecule has 0 aliphatic carbocycles. The molecule has 0 N–H and O–H groups in total. The molecule has 0 fully saturated rings. The van der Waals surface area contributed by atoms with Gasteiger partial charge in [-0.25, -0.2) is 0 Å². The van der Waals surface area contributed by atoms with Crippen LogP contribution in [0.4, 0.5) is 0 Å². The number of aryl methyl sites for hydroxylation is 3. The summed E-state index contributed by atoms with van der Waals surface area (Å²) in [6, 6.07) is 10.4. The molecule has 112 valence electrons. The Morgan fingerprint density at radius 1 is 1.24 bits per heavy atom. The summed E-state index contributed by atoms with van der Waals surface area (Å²) in [5.41, 5.74) is 5.54. The number of rotatable bonds is 5. The van der Waals surface area contributed by atoms with Gasteiger partial charge in [-0.05, 0) is 51.3 Å². The molecule has 0 spiro atoms. The number of halogens is 1. The molecule has 3 heteroatoms. The lowest BCUT2D eigenvalue weighted by atomic mass is 10.1. The molecule has 0 aliphatic heterocycles. The van der Waals surface area contributed by atoms with Crippen molar-refractivity contribution in [2.75, 3.05) is 0 Å². The Bertz CT molecular complexity index is 655. The van der Waals surface area contributed by atoms with Gasteiger partial charge in [-0.2, -0.15) is 0 Å². The SMILES string of the molecule is Cc1ccccc1CCn1c(C)cc(C(=O)C(C)Cl)c1C. The fraction of sp³-hybridized carbons (Fsp3) is 0.389. The summed E-state index contributed by atoms with van der Waals surface area (Å²) in [6.07, 6.45) is 0.965. The molecule has 0 amide bonds. The maximum absolute atomic E-state index is 12.1. The topological polar surface area (TPSA) is 22.0 Å². The van der Waals surface area contributed by atoms with Gasteiger partial charge in [-0.1, -0.05) is 24.3 Å². The maximum atomic E-state index is 12.1. The van der Waals surface area contributed by atoms with Crippen LogP contribution in [0.25, 0.3) is 0 Å². The van der Waals surface area contributed by atoms with Crippen LogP contribution in [-0.2, 0) is 13.0 Å². The van der Waals surface area contributed by atoms with Gasteiger partial charge in [0.05, 0.1) is 5.38 Å². The number of carbonyl (C=O) groups is 1. The van der Waals surface area contributed by atoms with E-state index in [0.717, 1.165) is 29.9 Å². The molecule has 0 radical (unpaired) electrons. The molecule has 0 bridgehead atoms. The van der Waals surface area contributed by atoms with E-state index in [2.05, 4.69) is 35.8 Å². The molecule has 2 rings (SSSR count). The Hall–Kier alpha value is -1.54. The number of nitrogens with zero attached hydrogens (tertiary/aromatic N) is 1. The third-order valence-corrected chi connectivity index (χ3v) is 4.26. The van der Waals surface area contributed by atoms with Crippen LogP contribution in [0.3, 0.4) is 0 Å². The van der Waals surface area contributed by atoms with Gasteiger partial charge >= 0.3 is 0 Å². The number of alkyl halides is 1. The van der Waals surface area contributed by atoms with Crippen molar-refractivity contribution in [3.63, 3.8) is 0 Å². The van der Waals surface area contributed by atoms with Gasteiger partial charge in [0.15, 0.2) is 5.78 Å². The van der Waals surface area contributed by atoms with Crippen molar-refractivity contribution in [3.05, 3.63) is 58.4 Å². The van der Waals surface area contributed by atoms with Crippen molar-refractivity contribution in [2.24, 2.45) is 0 Å². The normalized spacial score (nSPS) is 12.4. The molecule has 2 aromatic rings. The fourth-order valence-corrected chi connectivity index (χ4v) is 2.85. The summed E-state index contributed by atoms with van der Waals surface area (Å²) in [4.78, 5) is 12.1. The molecule has 1 heterocycles. The van der Waals surface area contributed by atoms with Crippen molar-refractivity contribution < 1.29 is 4.79 Å². The van der Waals surface area contributed by atoms with E-state index in [-0.39, 0.29) is 5.78 Å². The van der Waals surface area contributed by atoms with E-state index in [9.17, 15) is 4.79 Å². The number of benzene rings is 1. The first-order valence-electron chi connectivity index (χ1n) is 7.31. The highest BCUT2D eigenvalue weighted by molar-refractivity contribution is 6.33. The van der Waals surface area contributed by atoms with E-state index < -0.39 is 5.38 Å². The van der Waals surface area contributed by atoms with Crippen LogP contribution in [0.1, 0.15) is 39.8 Å². The Balaban J connectivity index is 2.22. The zero-order valence-electron chi connectivity index (χ0n) is 13.1. The van der Waals surface area contributed by atoms with Crippen LogP contribution in [0.5, 0.6) is 0 Å². The van der Waals surface area contributed by atoms with Crippen LogP contribution in [0.2, 0.25) is 0 Å². The summed E-state index contributed by atoms with van der Waals surface area (Å²) in [6.45, 7) is 8.78. The van der Waals surface area contributed by atoms with Crippen LogP contribution in [0.15, 0.2) is 30.3 Å². The summed E-state index contributed by atoms with van der Waals surface area (Å²) in [5.74, 6) is 0.00640. The first kappa shape index (κ1) is 15.8. The van der Waals surface area contributed by atoms with Crippen molar-refractivity contribution in [1.29, 1.82) is 0 Å². The average Bonchev–Trinajstić information content (AvgIpc) is 2.72. The highest BCUT2D eigenvalue weighted by Crippen LogP contribution is 2.19. The zero-order valence-corrected chi connectivity index (χ0v) is 13.9. The van der Waals surface area contributed by atoms with Gasteiger partial charge in [-0.15, -0.1) is 11.6 Å². The molecule has 1 unspecified atom stereocenters. The third kappa shape index (κ3) is 3.38. The Labute approximate surface area is 131 Å². The van der Waals surface area contributed by atoms with Crippen molar-refractivity contribution in [3.8, 4) is 0 Å². The van der Waals surface area contributed by atoms with Gasteiger partial charge in [0, 0.05) is 23.5 Å². The molecule has 1 aromatic carbocycles. The highest BCUT2D eigenvalue weighted by Gasteiger charge is 2.19. The predicted octanol–water partition coefficient (Wildman–Crippen LogP) is 4.47. The monoisotopic (exact) mass is 303 g/mol. The number of carbonyl (C=O) groups excluding carboxylic acids is 1. The predicted molar refractivity (Wildman–Crippen MR) is 88.4 cm³/mol. The molecule has 0 saturated carbocycles. The molecule has 21 heavy (non-hydrogen) atoms. The molecular weight excluding hydrogens is 282 g/mol. The van der Waals surface area contributed by atoms with Crippen molar-refractivity contribution >= 4 is 17.4 Å². The maximum Gasteiger partial charge on any atom is 0.182 e. The van der Waals surface area contributed by atoms with Gasteiger partial charge in [0.25, 0.3) is 0 Å². The van der Waals surface area contributed by atoms with E-state index in [0.29, 0.717) is 0 Å². The standard InChI is InChI=1S/C18H22ClNO/c1-12-7-5-6-8-16(12)9-10-20-13(2)11-17(15(20)4)18(21)14(3)19/h5-8,11,14H,9-10H2,1-4H3. The molecule has 1 aromatic heterocycles. The van der Waals surface area contributed by atoms with E-state index >= 15 is 0 Å². The number of hydrogen-bond acceptors (Lipinski definition) is 1. The lowest BCUT2D eigenvalue weighted by molar-refractivity contribution is 0.0991. The largest absolute Gasteiger partial charge is 0.348 e. The van der Waals surface area contributed by atoms with Gasteiger partial charge in [-0.3, -0.25) is 4.79 Å². The Morgan fingerprint density at radius 3 is 2.52 bits per heavy atom. The number of hydrogen-bond donors (Lipinski definition) is 0. The first-order chi connectivity index (χ1) is 9.91. The number of aromatic nitrogens is 1. The minimum absolute atomic E-state index is 0.00640. The van der Waals surface area contributed by atoms with E-state index in [1.54, 1.807) is 6.92 Å². The summed E-state index contributed by atoms with van der Waals surface area (Å²) >= 11 is 5.93. The van der Waals surface area contributed by atoms with Crippen LogP contribution >= 0.6 is 11.6 Å². The second-order valence-electron chi connectivity index (χ2n) is 5.59. The Morgan fingerprint density at radius 2 is 1.90 bits per heavy atom. The van der Waals surface area contributed by atoms with Crippen molar-refractivity contribution in [2.45, 2.75) is 46.0 Å². The minimum atomic E-state index is -0.477. The van der Waals surface area contributed by atoms with Gasteiger partial charge in [0.1, 0.15) is 0 Å². The van der Waals surface area contributed by atoms with Crippen LogP contribution in [-0.4, -0.2) is 15.7 Å². The lowest BCUT2D eigenvalue weighted by Gasteiger charge is -2.11. The van der Waals surface area contributed by atoms with E-state index in [4.69, 9.17) is 11.6 Å². The van der Waals surface area contributed by atoms with Crippen molar-refractivity contribution in [1.82, 2.24) is 4.57 Å². The summed E-state index contributed by atoms with van der Waals surface area (Å²) < 4.78 is 2.21. The third-order valence-electron chi connectivity index (χ3n) is 4.07. The van der Waals surface area contributed by atoms with Crippen LogP contribution in [0, 0.1) is 20.8 Å². The minimum Gasteiger partial charge on any atom is -0.348 e. The van der Waals surface area contributed by atoms with Crippen LogP contribution < -0.4 is 0 Å². The number of ketones is 1. The molecule has 2 nitrogen and oxygen atoms in total.